The average Bonchev–Trinajstić information content (AvgIpc) is 2.81. The molecule has 0 aliphatic carbocycles. The predicted molar refractivity (Wildman–Crippen MR) is 78.1 cm³/mol. The maximum absolute atomic E-state index is 13.8. The minimum atomic E-state index is -0.289. The molecule has 0 amide bonds. The summed E-state index contributed by atoms with van der Waals surface area (Å²) in [7, 11) is 0. The first kappa shape index (κ1) is 13.1. The highest BCUT2D eigenvalue weighted by atomic mass is 35.5. The second kappa shape index (κ2) is 5.23. The molecule has 0 saturated carbocycles. The van der Waals surface area contributed by atoms with E-state index in [0.717, 1.165) is 16.6 Å². The molecule has 0 radical (unpaired) electrons. The fourth-order valence-corrected chi connectivity index (χ4v) is 2.49. The van der Waals surface area contributed by atoms with Crippen molar-refractivity contribution in [3.8, 4) is 0 Å². The molecular weight excluding hydrogens is 277 g/mol. The summed E-state index contributed by atoms with van der Waals surface area (Å²) in [6, 6.07) is 12.3. The lowest BCUT2D eigenvalue weighted by atomic mass is 10.2. The van der Waals surface area contributed by atoms with Gasteiger partial charge in [-0.25, -0.2) is 4.39 Å². The van der Waals surface area contributed by atoms with Crippen molar-refractivity contribution in [2.75, 3.05) is 0 Å². The van der Waals surface area contributed by atoms with Crippen LogP contribution < -0.4 is 5.73 Å². The molecule has 0 aliphatic rings. The van der Waals surface area contributed by atoms with Gasteiger partial charge in [-0.1, -0.05) is 29.8 Å². The standard InChI is InChI=1S/C15H13ClFN3/c16-11-5-6-13(17)10(7-11)9-20-15-4-2-1-3-12(15)14(8-18)19-20/h1-7H,8-9,18H2. The van der Waals surface area contributed by atoms with Gasteiger partial charge in [-0.05, 0) is 24.3 Å². The molecule has 102 valence electrons. The summed E-state index contributed by atoms with van der Waals surface area (Å²) >= 11 is 5.92. The molecule has 1 aromatic heterocycles. The van der Waals surface area contributed by atoms with E-state index < -0.39 is 0 Å². The van der Waals surface area contributed by atoms with E-state index in [2.05, 4.69) is 5.10 Å². The van der Waals surface area contributed by atoms with E-state index in [4.69, 9.17) is 17.3 Å². The first-order valence-electron chi connectivity index (χ1n) is 6.27. The molecule has 0 spiro atoms. The minimum Gasteiger partial charge on any atom is -0.325 e. The molecule has 0 atom stereocenters. The fraction of sp³-hybridized carbons (Fsp3) is 0.133. The van der Waals surface area contributed by atoms with Crippen LogP contribution in [0.3, 0.4) is 0 Å². The Kier molecular flexibility index (Phi) is 3.42. The number of nitrogens with zero attached hydrogens (tertiary/aromatic N) is 2. The van der Waals surface area contributed by atoms with Gasteiger partial charge in [-0.15, -0.1) is 0 Å². The van der Waals surface area contributed by atoms with Crippen LogP contribution in [0.4, 0.5) is 4.39 Å². The zero-order valence-electron chi connectivity index (χ0n) is 10.7. The van der Waals surface area contributed by atoms with Crippen LogP contribution in [-0.2, 0) is 13.1 Å². The molecule has 0 saturated heterocycles. The third-order valence-corrected chi connectivity index (χ3v) is 3.49. The van der Waals surface area contributed by atoms with Crippen molar-refractivity contribution in [1.82, 2.24) is 9.78 Å². The molecule has 0 fully saturated rings. The van der Waals surface area contributed by atoms with Gasteiger partial charge in [0, 0.05) is 22.5 Å². The predicted octanol–water partition coefficient (Wildman–Crippen LogP) is 3.34. The summed E-state index contributed by atoms with van der Waals surface area (Å²) in [6.07, 6.45) is 0. The SMILES string of the molecule is NCc1nn(Cc2cc(Cl)ccc2F)c2ccccc12. The third-order valence-electron chi connectivity index (χ3n) is 3.26. The lowest BCUT2D eigenvalue weighted by Crippen LogP contribution is -2.05. The Labute approximate surface area is 120 Å². The molecule has 1 heterocycles. The topological polar surface area (TPSA) is 43.8 Å². The van der Waals surface area contributed by atoms with Gasteiger partial charge in [-0.2, -0.15) is 5.10 Å². The minimum absolute atomic E-state index is 0.289. The number of halogens is 2. The average molecular weight is 290 g/mol. The van der Waals surface area contributed by atoms with Gasteiger partial charge < -0.3 is 5.73 Å². The van der Waals surface area contributed by atoms with Crippen molar-refractivity contribution in [2.45, 2.75) is 13.1 Å². The van der Waals surface area contributed by atoms with Crippen LogP contribution in [0.15, 0.2) is 42.5 Å². The maximum Gasteiger partial charge on any atom is 0.128 e. The zero-order valence-corrected chi connectivity index (χ0v) is 11.4. The van der Waals surface area contributed by atoms with Crippen LogP contribution in [0.5, 0.6) is 0 Å². The van der Waals surface area contributed by atoms with Crippen molar-refractivity contribution in [1.29, 1.82) is 0 Å². The highest BCUT2D eigenvalue weighted by molar-refractivity contribution is 6.30. The molecule has 3 nitrogen and oxygen atoms in total. The quantitative estimate of drug-likeness (QED) is 0.804. The van der Waals surface area contributed by atoms with Crippen molar-refractivity contribution in [3.05, 3.63) is 64.6 Å². The van der Waals surface area contributed by atoms with E-state index >= 15 is 0 Å². The highest BCUT2D eigenvalue weighted by Crippen LogP contribution is 2.21. The summed E-state index contributed by atoms with van der Waals surface area (Å²) in [5, 5.41) is 5.96. The first-order chi connectivity index (χ1) is 9.69. The number of para-hydroxylation sites is 1. The van der Waals surface area contributed by atoms with Gasteiger partial charge in [0.1, 0.15) is 5.82 Å². The smallest absolute Gasteiger partial charge is 0.128 e. The summed E-state index contributed by atoms with van der Waals surface area (Å²) in [4.78, 5) is 0. The Balaban J connectivity index is 2.09. The monoisotopic (exact) mass is 289 g/mol. The van der Waals surface area contributed by atoms with E-state index in [1.807, 2.05) is 24.3 Å². The summed E-state index contributed by atoms with van der Waals surface area (Å²) in [6.45, 7) is 0.679. The number of fused-ring (bicyclic) bond motifs is 1. The molecular formula is C15H13ClFN3. The highest BCUT2D eigenvalue weighted by Gasteiger charge is 2.11. The molecule has 3 aromatic rings. The largest absolute Gasteiger partial charge is 0.325 e. The third kappa shape index (κ3) is 2.28. The van der Waals surface area contributed by atoms with Gasteiger partial charge in [0.25, 0.3) is 0 Å². The van der Waals surface area contributed by atoms with E-state index in [1.54, 1.807) is 10.7 Å². The number of benzene rings is 2. The van der Waals surface area contributed by atoms with Crippen molar-refractivity contribution >= 4 is 22.5 Å². The van der Waals surface area contributed by atoms with Crippen molar-refractivity contribution < 1.29 is 4.39 Å². The van der Waals surface area contributed by atoms with Crippen LogP contribution >= 0.6 is 11.6 Å². The van der Waals surface area contributed by atoms with Gasteiger partial charge in [0.05, 0.1) is 17.8 Å². The van der Waals surface area contributed by atoms with Crippen LogP contribution in [0.2, 0.25) is 5.02 Å². The van der Waals surface area contributed by atoms with E-state index in [-0.39, 0.29) is 5.82 Å². The number of hydrogen-bond acceptors (Lipinski definition) is 2. The Morgan fingerprint density at radius 3 is 2.80 bits per heavy atom. The lowest BCUT2D eigenvalue weighted by Gasteiger charge is -2.05. The summed E-state index contributed by atoms with van der Waals surface area (Å²) < 4.78 is 15.6. The molecule has 5 heteroatoms. The molecule has 0 bridgehead atoms. The van der Waals surface area contributed by atoms with Gasteiger partial charge >= 0.3 is 0 Å². The van der Waals surface area contributed by atoms with Crippen LogP contribution in [-0.4, -0.2) is 9.78 Å². The summed E-state index contributed by atoms with van der Waals surface area (Å²) in [5.41, 5.74) is 7.96. The fourth-order valence-electron chi connectivity index (χ4n) is 2.29. The lowest BCUT2D eigenvalue weighted by molar-refractivity contribution is 0.588. The molecule has 20 heavy (non-hydrogen) atoms. The zero-order chi connectivity index (χ0) is 14.1. The molecule has 0 aliphatic heterocycles. The molecule has 0 unspecified atom stereocenters. The van der Waals surface area contributed by atoms with Crippen LogP contribution in [0, 0.1) is 5.82 Å². The van der Waals surface area contributed by atoms with Crippen molar-refractivity contribution in [2.24, 2.45) is 5.73 Å². The van der Waals surface area contributed by atoms with E-state index in [9.17, 15) is 4.39 Å². The first-order valence-corrected chi connectivity index (χ1v) is 6.65. The number of nitrogens with two attached hydrogens (primary N) is 1. The Morgan fingerprint density at radius 2 is 2.00 bits per heavy atom. The van der Waals surface area contributed by atoms with Gasteiger partial charge in [-0.3, -0.25) is 4.68 Å². The molecule has 2 aromatic carbocycles. The van der Waals surface area contributed by atoms with Crippen molar-refractivity contribution in [3.63, 3.8) is 0 Å². The van der Waals surface area contributed by atoms with Gasteiger partial charge in [0.15, 0.2) is 0 Å². The Hall–Kier alpha value is -1.91. The number of hydrogen-bond donors (Lipinski definition) is 1. The second-order valence-corrected chi connectivity index (χ2v) is 5.00. The number of aromatic nitrogens is 2. The summed E-state index contributed by atoms with van der Waals surface area (Å²) in [5.74, 6) is -0.289. The second-order valence-electron chi connectivity index (χ2n) is 4.56. The van der Waals surface area contributed by atoms with Crippen LogP contribution in [0.1, 0.15) is 11.3 Å². The Morgan fingerprint density at radius 1 is 1.20 bits per heavy atom. The van der Waals surface area contributed by atoms with E-state index in [0.29, 0.717) is 23.7 Å². The number of rotatable bonds is 3. The van der Waals surface area contributed by atoms with E-state index in [1.165, 1.54) is 12.1 Å². The normalized spacial score (nSPS) is 11.2. The van der Waals surface area contributed by atoms with Gasteiger partial charge in [0.2, 0.25) is 0 Å². The molecule has 2 N–H and O–H groups in total. The Bertz CT molecular complexity index is 767. The maximum atomic E-state index is 13.8. The molecule has 3 rings (SSSR count). The van der Waals surface area contributed by atoms with Crippen LogP contribution in [0.25, 0.3) is 10.9 Å².